The van der Waals surface area contributed by atoms with Crippen LogP contribution in [0.1, 0.15) is 23.7 Å². The molecule has 0 fully saturated rings. The van der Waals surface area contributed by atoms with E-state index in [4.69, 9.17) is 11.6 Å². The van der Waals surface area contributed by atoms with Crippen molar-refractivity contribution in [1.29, 1.82) is 0 Å². The highest BCUT2D eigenvalue weighted by Crippen LogP contribution is 2.31. The fourth-order valence-corrected chi connectivity index (χ4v) is 2.59. The second kappa shape index (κ2) is 4.98. The van der Waals surface area contributed by atoms with Gasteiger partial charge < -0.3 is 5.32 Å². The molecule has 1 aliphatic rings. The normalized spacial score (nSPS) is 18.2. The lowest BCUT2D eigenvalue weighted by Gasteiger charge is -2.26. The first-order valence-electron chi connectivity index (χ1n) is 6.18. The molecule has 5 heteroatoms. The Morgan fingerprint density at radius 3 is 3.17 bits per heavy atom. The van der Waals surface area contributed by atoms with Gasteiger partial charge in [0.1, 0.15) is 0 Å². The van der Waals surface area contributed by atoms with Gasteiger partial charge in [0.05, 0.1) is 11.7 Å². The van der Waals surface area contributed by atoms with Crippen molar-refractivity contribution in [2.75, 3.05) is 17.7 Å². The molecule has 0 amide bonds. The Morgan fingerprint density at radius 1 is 1.39 bits per heavy atom. The van der Waals surface area contributed by atoms with Crippen LogP contribution in [0, 0.1) is 0 Å². The molecule has 1 atom stereocenters. The van der Waals surface area contributed by atoms with E-state index in [1.807, 2.05) is 10.9 Å². The van der Waals surface area contributed by atoms with Crippen molar-refractivity contribution < 1.29 is 0 Å². The van der Waals surface area contributed by atoms with Crippen LogP contribution in [-0.2, 0) is 6.42 Å². The number of alkyl halides is 1. The second-order valence-corrected chi connectivity index (χ2v) is 4.83. The van der Waals surface area contributed by atoms with Gasteiger partial charge in [0.2, 0.25) is 0 Å². The fourth-order valence-electron chi connectivity index (χ4n) is 2.40. The number of rotatable bonds is 3. The number of halogens is 1. The van der Waals surface area contributed by atoms with Crippen molar-refractivity contribution >= 4 is 17.3 Å². The zero-order valence-corrected chi connectivity index (χ0v) is 10.8. The number of hydrogen-bond donors (Lipinski definition) is 1. The lowest BCUT2D eigenvalue weighted by atomic mass is 9.98. The van der Waals surface area contributed by atoms with Crippen LogP contribution in [0.4, 0.5) is 5.69 Å². The maximum atomic E-state index is 5.73. The highest BCUT2D eigenvalue weighted by Gasteiger charge is 2.22. The minimum Gasteiger partial charge on any atom is -0.385 e. The molecular weight excluding hydrogens is 248 g/mol. The summed E-state index contributed by atoms with van der Waals surface area (Å²) < 4.78 is 1.96. The van der Waals surface area contributed by atoms with E-state index in [-0.39, 0.29) is 6.04 Å². The molecule has 2 heterocycles. The van der Waals surface area contributed by atoms with Crippen molar-refractivity contribution in [2.24, 2.45) is 0 Å². The molecule has 1 unspecified atom stereocenters. The minimum absolute atomic E-state index is 0.277. The van der Waals surface area contributed by atoms with Crippen molar-refractivity contribution in [3.63, 3.8) is 0 Å². The third-order valence-corrected chi connectivity index (χ3v) is 3.47. The van der Waals surface area contributed by atoms with Crippen LogP contribution >= 0.6 is 11.6 Å². The molecule has 1 N–H and O–H groups in total. The summed E-state index contributed by atoms with van der Waals surface area (Å²) >= 11 is 5.73. The number of nitrogens with one attached hydrogen (secondary N) is 1. The van der Waals surface area contributed by atoms with E-state index in [1.165, 1.54) is 11.3 Å². The molecule has 0 aliphatic carbocycles. The summed E-state index contributed by atoms with van der Waals surface area (Å²) in [7, 11) is 0. The predicted molar refractivity (Wildman–Crippen MR) is 72.1 cm³/mol. The molecule has 2 aromatic rings. The molecule has 0 saturated carbocycles. The summed E-state index contributed by atoms with van der Waals surface area (Å²) in [5.74, 6) is 0.585. The van der Waals surface area contributed by atoms with Gasteiger partial charge >= 0.3 is 0 Å². The third-order valence-electron chi connectivity index (χ3n) is 3.28. The lowest BCUT2D eigenvalue weighted by molar-refractivity contribution is 0.477. The monoisotopic (exact) mass is 262 g/mol. The first-order chi connectivity index (χ1) is 8.88. The molecule has 0 spiro atoms. The molecule has 0 radical (unpaired) electrons. The molecule has 0 bridgehead atoms. The van der Waals surface area contributed by atoms with E-state index in [0.717, 1.165) is 25.1 Å². The smallest absolute Gasteiger partial charge is 0.0839 e. The van der Waals surface area contributed by atoms with Crippen LogP contribution < -0.4 is 5.32 Å². The number of aryl methyl sites for hydroxylation is 1. The van der Waals surface area contributed by atoms with Gasteiger partial charge in [0.25, 0.3) is 0 Å². The number of para-hydroxylation sites is 1. The van der Waals surface area contributed by atoms with Crippen molar-refractivity contribution in [3.8, 4) is 0 Å². The third kappa shape index (κ3) is 2.08. The number of hydrogen-bond acceptors (Lipinski definition) is 3. The highest BCUT2D eigenvalue weighted by atomic mass is 35.5. The van der Waals surface area contributed by atoms with Crippen molar-refractivity contribution in [2.45, 2.75) is 18.9 Å². The van der Waals surface area contributed by atoms with Gasteiger partial charge in [0.15, 0.2) is 0 Å². The molecule has 1 aromatic heterocycles. The molecule has 1 aliphatic heterocycles. The van der Waals surface area contributed by atoms with Gasteiger partial charge in [0, 0.05) is 30.7 Å². The van der Waals surface area contributed by atoms with Crippen LogP contribution in [0.25, 0.3) is 0 Å². The van der Waals surface area contributed by atoms with Gasteiger partial charge in [-0.05, 0) is 18.1 Å². The van der Waals surface area contributed by atoms with Crippen LogP contribution in [0.3, 0.4) is 0 Å². The van der Waals surface area contributed by atoms with E-state index in [2.05, 4.69) is 39.9 Å². The average molecular weight is 263 g/mol. The van der Waals surface area contributed by atoms with Gasteiger partial charge in [-0.15, -0.1) is 16.7 Å². The van der Waals surface area contributed by atoms with Crippen molar-refractivity contribution in [1.82, 2.24) is 15.0 Å². The topological polar surface area (TPSA) is 42.7 Å². The van der Waals surface area contributed by atoms with E-state index in [1.54, 1.807) is 0 Å². The summed E-state index contributed by atoms with van der Waals surface area (Å²) in [5.41, 5.74) is 3.44. The summed E-state index contributed by atoms with van der Waals surface area (Å²) in [6.45, 7) is 0.965. The molecule has 3 rings (SSSR count). The predicted octanol–water partition coefficient (Wildman–Crippen LogP) is 2.46. The van der Waals surface area contributed by atoms with Crippen LogP contribution in [0.2, 0.25) is 0 Å². The Bertz CT molecular complexity index is 537. The van der Waals surface area contributed by atoms with E-state index in [9.17, 15) is 0 Å². The quantitative estimate of drug-likeness (QED) is 0.864. The number of anilines is 1. The van der Waals surface area contributed by atoms with Gasteiger partial charge in [-0.2, -0.15) is 0 Å². The summed E-state index contributed by atoms with van der Waals surface area (Å²) in [6, 6.07) is 8.65. The zero-order valence-electron chi connectivity index (χ0n) is 10.0. The number of benzene rings is 1. The molecule has 1 aromatic carbocycles. The standard InChI is InChI=1S/C13H15ClN4/c14-7-5-10-9-18(17-16-10)13-6-8-15-12-4-2-1-3-11(12)13/h1-4,9,13,15H,5-8H2. The lowest BCUT2D eigenvalue weighted by Crippen LogP contribution is -2.22. The summed E-state index contributed by atoms with van der Waals surface area (Å²) in [5, 5.41) is 11.8. The van der Waals surface area contributed by atoms with Crippen LogP contribution in [-0.4, -0.2) is 27.4 Å². The first kappa shape index (κ1) is 11.5. The highest BCUT2D eigenvalue weighted by molar-refractivity contribution is 6.17. The van der Waals surface area contributed by atoms with Gasteiger partial charge in [-0.1, -0.05) is 23.4 Å². The van der Waals surface area contributed by atoms with Crippen molar-refractivity contribution in [3.05, 3.63) is 41.7 Å². The van der Waals surface area contributed by atoms with E-state index < -0.39 is 0 Å². The average Bonchev–Trinajstić information content (AvgIpc) is 2.87. The Kier molecular flexibility index (Phi) is 3.19. The Morgan fingerprint density at radius 2 is 2.28 bits per heavy atom. The maximum absolute atomic E-state index is 5.73. The Labute approximate surface area is 111 Å². The van der Waals surface area contributed by atoms with Crippen LogP contribution in [0.15, 0.2) is 30.5 Å². The Hall–Kier alpha value is -1.55. The van der Waals surface area contributed by atoms with Crippen LogP contribution in [0.5, 0.6) is 0 Å². The summed E-state index contributed by atoms with van der Waals surface area (Å²) in [4.78, 5) is 0. The SMILES string of the molecule is ClCCc1cn(C2CCNc3ccccc32)nn1. The minimum atomic E-state index is 0.277. The molecule has 94 valence electrons. The van der Waals surface area contributed by atoms with E-state index in [0.29, 0.717) is 5.88 Å². The molecule has 18 heavy (non-hydrogen) atoms. The molecule has 0 saturated heterocycles. The van der Waals surface area contributed by atoms with Gasteiger partial charge in [-0.25, -0.2) is 4.68 Å². The van der Waals surface area contributed by atoms with Gasteiger partial charge in [-0.3, -0.25) is 0 Å². The molecule has 4 nitrogen and oxygen atoms in total. The Balaban J connectivity index is 1.92. The first-order valence-corrected chi connectivity index (χ1v) is 6.71. The van der Waals surface area contributed by atoms with E-state index >= 15 is 0 Å². The molecular formula is C13H15ClN4. The zero-order chi connectivity index (χ0) is 12.4. The summed E-state index contributed by atoms with van der Waals surface area (Å²) in [6.07, 6.45) is 3.81. The second-order valence-electron chi connectivity index (χ2n) is 4.45. The largest absolute Gasteiger partial charge is 0.385 e. The number of aromatic nitrogens is 3. The fraction of sp³-hybridized carbons (Fsp3) is 0.385. The number of nitrogens with zero attached hydrogens (tertiary/aromatic N) is 3. The maximum Gasteiger partial charge on any atom is 0.0839 e. The number of fused-ring (bicyclic) bond motifs is 1.